The molecule has 8 nitrogen and oxygen atoms in total. The molecule has 2 N–H and O–H groups in total. The zero-order valence-corrected chi connectivity index (χ0v) is 26.9. The van der Waals surface area contributed by atoms with E-state index in [0.29, 0.717) is 43.3 Å². The van der Waals surface area contributed by atoms with Crippen molar-refractivity contribution in [3.8, 4) is 0 Å². The Hall–Kier alpha value is -3.73. The van der Waals surface area contributed by atoms with Gasteiger partial charge in [-0.15, -0.1) is 11.8 Å². The fourth-order valence-electron chi connectivity index (χ4n) is 6.27. The van der Waals surface area contributed by atoms with Gasteiger partial charge in [0.2, 0.25) is 11.8 Å². The standard InChI is InChI=1S/C33H32Cl2FN5O3S/c1-2-37-32(44)40-14-12-39(13-15-40)31(43)33(45-23-6-4-3-5-7-23)18-29(42)41(20-21-8-11-26(35)27(36)16-21)30(33)25-19-38-28-17-22(34)9-10-24(25)28/h3-11,16-17,19,30,38H,2,12-15,18,20H2,1H3,(H,37,44)/t30-,33-/m0/s1. The molecule has 4 amide bonds. The van der Waals surface area contributed by atoms with Gasteiger partial charge in [0, 0.05) is 71.8 Å². The maximum absolute atomic E-state index is 15.0. The quantitative estimate of drug-likeness (QED) is 0.236. The van der Waals surface area contributed by atoms with Crippen LogP contribution in [-0.4, -0.2) is 75.0 Å². The van der Waals surface area contributed by atoms with Crippen LogP contribution in [0.2, 0.25) is 10.0 Å². The van der Waals surface area contributed by atoms with Crippen molar-refractivity contribution in [2.24, 2.45) is 0 Å². The van der Waals surface area contributed by atoms with Gasteiger partial charge >= 0.3 is 6.03 Å². The molecule has 0 bridgehead atoms. The lowest BCUT2D eigenvalue weighted by molar-refractivity contribution is -0.136. The average molecular weight is 669 g/mol. The van der Waals surface area contributed by atoms with Gasteiger partial charge in [-0.05, 0) is 48.9 Å². The van der Waals surface area contributed by atoms with E-state index in [1.54, 1.807) is 26.8 Å². The van der Waals surface area contributed by atoms with Gasteiger partial charge in [0.25, 0.3) is 0 Å². The van der Waals surface area contributed by atoms with Crippen LogP contribution in [0.3, 0.4) is 0 Å². The number of rotatable bonds is 7. The third-order valence-corrected chi connectivity index (χ3v) is 10.3. The first-order chi connectivity index (χ1) is 21.7. The average Bonchev–Trinajstić information content (AvgIpc) is 3.56. The number of carbonyl (C=O) groups excluding carboxylic acids is 3. The number of aromatic amines is 1. The molecule has 3 heterocycles. The van der Waals surface area contributed by atoms with Crippen LogP contribution in [0.4, 0.5) is 9.18 Å². The van der Waals surface area contributed by atoms with E-state index >= 15 is 0 Å². The minimum absolute atomic E-state index is 0.00697. The molecule has 6 rings (SSSR count). The van der Waals surface area contributed by atoms with E-state index in [9.17, 15) is 18.8 Å². The number of nitrogens with zero attached hydrogens (tertiary/aromatic N) is 3. The Balaban J connectivity index is 1.46. The third-order valence-electron chi connectivity index (χ3n) is 8.38. The molecule has 0 unspecified atom stereocenters. The van der Waals surface area contributed by atoms with E-state index in [1.807, 2.05) is 55.6 Å². The molecule has 1 aromatic heterocycles. The minimum Gasteiger partial charge on any atom is -0.361 e. The summed E-state index contributed by atoms with van der Waals surface area (Å²) in [5.41, 5.74) is 2.09. The normalized spacial score (nSPS) is 20.2. The summed E-state index contributed by atoms with van der Waals surface area (Å²) in [4.78, 5) is 50.9. The van der Waals surface area contributed by atoms with Crippen LogP contribution in [0.25, 0.3) is 10.9 Å². The zero-order chi connectivity index (χ0) is 31.7. The molecule has 2 aliphatic heterocycles. The van der Waals surface area contributed by atoms with Crippen LogP contribution in [-0.2, 0) is 16.1 Å². The van der Waals surface area contributed by atoms with E-state index < -0.39 is 16.6 Å². The van der Waals surface area contributed by atoms with E-state index in [4.69, 9.17) is 23.2 Å². The summed E-state index contributed by atoms with van der Waals surface area (Å²) >= 11 is 13.7. The third kappa shape index (κ3) is 6.11. The van der Waals surface area contributed by atoms with Gasteiger partial charge in [-0.1, -0.05) is 53.5 Å². The topological polar surface area (TPSA) is 88.8 Å². The van der Waals surface area contributed by atoms with Gasteiger partial charge in [0.1, 0.15) is 10.6 Å². The molecule has 0 spiro atoms. The number of H-pyrrole nitrogens is 1. The highest BCUT2D eigenvalue weighted by Gasteiger charge is 2.60. The van der Waals surface area contributed by atoms with E-state index in [0.717, 1.165) is 21.4 Å². The summed E-state index contributed by atoms with van der Waals surface area (Å²) in [6, 6.07) is 18.7. The Labute approximate surface area is 274 Å². The van der Waals surface area contributed by atoms with Crippen LogP contribution in [0.5, 0.6) is 0 Å². The van der Waals surface area contributed by atoms with E-state index in [-0.39, 0.29) is 35.8 Å². The second-order valence-electron chi connectivity index (χ2n) is 11.2. The number of fused-ring (bicyclic) bond motifs is 1. The second-order valence-corrected chi connectivity index (χ2v) is 13.5. The highest BCUT2D eigenvalue weighted by molar-refractivity contribution is 8.01. The van der Waals surface area contributed by atoms with Crippen molar-refractivity contribution in [3.63, 3.8) is 0 Å². The summed E-state index contributed by atoms with van der Waals surface area (Å²) < 4.78 is 13.3. The number of carbonyl (C=O) groups is 3. The molecule has 2 atom stereocenters. The van der Waals surface area contributed by atoms with Crippen molar-refractivity contribution in [1.82, 2.24) is 25.0 Å². The number of likely N-dealkylation sites (tertiary alicyclic amines) is 1. The lowest BCUT2D eigenvalue weighted by Gasteiger charge is -2.42. The minimum atomic E-state index is -1.27. The number of nitrogens with one attached hydrogen (secondary N) is 2. The van der Waals surface area contributed by atoms with Crippen LogP contribution in [0.1, 0.15) is 30.5 Å². The predicted molar refractivity (Wildman–Crippen MR) is 175 cm³/mol. The second kappa shape index (κ2) is 12.9. The summed E-state index contributed by atoms with van der Waals surface area (Å²) in [5.74, 6) is -0.986. The summed E-state index contributed by atoms with van der Waals surface area (Å²) in [6.45, 7) is 3.88. The van der Waals surface area contributed by atoms with Crippen molar-refractivity contribution < 1.29 is 18.8 Å². The molecule has 0 saturated carbocycles. The largest absolute Gasteiger partial charge is 0.361 e. The summed E-state index contributed by atoms with van der Waals surface area (Å²) in [5, 5.41) is 4.20. The molecule has 3 aromatic carbocycles. The molecule has 45 heavy (non-hydrogen) atoms. The van der Waals surface area contributed by atoms with Crippen LogP contribution < -0.4 is 5.32 Å². The summed E-state index contributed by atoms with van der Waals surface area (Å²) in [6.07, 6.45) is 1.77. The number of hydrogen-bond acceptors (Lipinski definition) is 4. The van der Waals surface area contributed by atoms with E-state index in [2.05, 4.69) is 10.3 Å². The number of thioether (sulfide) groups is 1. The molecule has 2 aliphatic rings. The van der Waals surface area contributed by atoms with Gasteiger partial charge in [-0.2, -0.15) is 0 Å². The van der Waals surface area contributed by atoms with Crippen molar-refractivity contribution in [2.75, 3.05) is 32.7 Å². The van der Waals surface area contributed by atoms with Crippen molar-refractivity contribution in [1.29, 1.82) is 0 Å². The first-order valence-corrected chi connectivity index (χ1v) is 16.3. The number of urea groups is 1. The molecule has 4 aromatic rings. The van der Waals surface area contributed by atoms with Gasteiger partial charge < -0.3 is 25.0 Å². The number of hydrogen-bond donors (Lipinski definition) is 2. The summed E-state index contributed by atoms with van der Waals surface area (Å²) in [7, 11) is 0. The van der Waals surface area contributed by atoms with Gasteiger partial charge in [-0.25, -0.2) is 9.18 Å². The SMILES string of the molecule is CCNC(=O)N1CCN(C(=O)[C@]2(Sc3ccccc3)CC(=O)N(Cc3ccc(Cl)c(F)c3)[C@H]2c2c[nH]c3cc(Cl)ccc23)CC1. The molecular formula is C33H32Cl2FN5O3S. The Morgan fingerprint density at radius 3 is 2.47 bits per heavy atom. The molecule has 12 heteroatoms. The van der Waals surface area contributed by atoms with E-state index in [1.165, 1.54) is 23.9 Å². The smallest absolute Gasteiger partial charge is 0.317 e. The van der Waals surface area contributed by atoms with Crippen molar-refractivity contribution >= 4 is 63.7 Å². The first-order valence-electron chi connectivity index (χ1n) is 14.8. The first kappa shape index (κ1) is 31.3. The van der Waals surface area contributed by atoms with Crippen LogP contribution in [0, 0.1) is 5.82 Å². The van der Waals surface area contributed by atoms with Crippen molar-refractivity contribution in [2.45, 2.75) is 35.6 Å². The Morgan fingerprint density at radius 1 is 1.02 bits per heavy atom. The molecule has 0 aliphatic carbocycles. The molecule has 2 fully saturated rings. The number of benzene rings is 3. The van der Waals surface area contributed by atoms with Gasteiger partial charge in [0.15, 0.2) is 0 Å². The Bertz CT molecular complexity index is 1750. The lowest BCUT2D eigenvalue weighted by Crippen LogP contribution is -2.58. The fourth-order valence-corrected chi connectivity index (χ4v) is 8.05. The highest BCUT2D eigenvalue weighted by atomic mass is 35.5. The maximum Gasteiger partial charge on any atom is 0.317 e. The molecule has 2 saturated heterocycles. The maximum atomic E-state index is 15.0. The predicted octanol–water partition coefficient (Wildman–Crippen LogP) is 6.49. The Kier molecular flexibility index (Phi) is 8.99. The monoisotopic (exact) mass is 667 g/mol. The Morgan fingerprint density at radius 2 is 1.76 bits per heavy atom. The molecule has 234 valence electrons. The van der Waals surface area contributed by atoms with Gasteiger partial charge in [-0.3, -0.25) is 9.59 Å². The number of amides is 4. The zero-order valence-electron chi connectivity index (χ0n) is 24.6. The molecule has 0 radical (unpaired) electrons. The van der Waals surface area contributed by atoms with Crippen LogP contribution >= 0.6 is 35.0 Å². The van der Waals surface area contributed by atoms with Gasteiger partial charge in [0.05, 0.1) is 17.5 Å². The number of aromatic nitrogens is 1. The highest BCUT2D eigenvalue weighted by Crippen LogP contribution is 2.55. The molecular weight excluding hydrogens is 636 g/mol. The fraction of sp³-hybridized carbons (Fsp3) is 0.303. The lowest BCUT2D eigenvalue weighted by atomic mass is 9.90. The number of halogens is 3. The number of piperazine rings is 1. The van der Waals surface area contributed by atoms with Crippen LogP contribution in [0.15, 0.2) is 77.8 Å². The van der Waals surface area contributed by atoms with Crippen molar-refractivity contribution in [3.05, 3.63) is 99.9 Å².